The molecule has 3 heterocycles. The summed E-state index contributed by atoms with van der Waals surface area (Å²) in [6, 6.07) is 11.7. The SMILES string of the molecule is Cc1noc(C2=Cc3cc(-c4nc(C(=O)CCc5ccnc(C#N)c5)[nH]c4C)ccc3C2)n1. The summed E-state index contributed by atoms with van der Waals surface area (Å²) < 4.78 is 5.31. The fourth-order valence-corrected chi connectivity index (χ4v) is 3.99. The summed E-state index contributed by atoms with van der Waals surface area (Å²) in [5, 5.41) is 12.9. The van der Waals surface area contributed by atoms with Crippen LogP contribution in [0, 0.1) is 25.2 Å². The lowest BCUT2D eigenvalue weighted by molar-refractivity contribution is 0.0973. The molecule has 0 aliphatic heterocycles. The van der Waals surface area contributed by atoms with Gasteiger partial charge >= 0.3 is 0 Å². The van der Waals surface area contributed by atoms with E-state index in [1.807, 2.05) is 25.1 Å². The Morgan fingerprint density at radius 3 is 2.88 bits per heavy atom. The molecule has 1 aromatic carbocycles. The Hall–Kier alpha value is -4.38. The molecule has 33 heavy (non-hydrogen) atoms. The van der Waals surface area contributed by atoms with Crippen LogP contribution in [0.1, 0.15) is 56.8 Å². The molecule has 0 saturated heterocycles. The number of ketones is 1. The summed E-state index contributed by atoms with van der Waals surface area (Å²) in [5.74, 6) is 1.43. The summed E-state index contributed by atoms with van der Waals surface area (Å²) in [4.78, 5) is 28.8. The molecule has 0 radical (unpaired) electrons. The number of hydrogen-bond donors (Lipinski definition) is 1. The number of fused-ring (bicyclic) bond motifs is 1. The van der Waals surface area contributed by atoms with Gasteiger partial charge in [0, 0.05) is 35.9 Å². The molecule has 8 heteroatoms. The van der Waals surface area contributed by atoms with Gasteiger partial charge in [-0.3, -0.25) is 4.79 Å². The zero-order valence-electron chi connectivity index (χ0n) is 18.2. The molecule has 0 unspecified atom stereocenters. The van der Waals surface area contributed by atoms with Gasteiger partial charge in [0.2, 0.25) is 0 Å². The highest BCUT2D eigenvalue weighted by atomic mass is 16.5. The van der Waals surface area contributed by atoms with E-state index < -0.39 is 0 Å². The van der Waals surface area contributed by atoms with Gasteiger partial charge in [0.05, 0.1) is 5.69 Å². The van der Waals surface area contributed by atoms with Crippen LogP contribution in [0.2, 0.25) is 0 Å². The number of benzene rings is 1. The molecular formula is C25H20N6O2. The number of H-pyrrole nitrogens is 1. The van der Waals surface area contributed by atoms with Crippen molar-refractivity contribution in [1.82, 2.24) is 25.1 Å². The topological polar surface area (TPSA) is 121 Å². The molecule has 8 nitrogen and oxygen atoms in total. The van der Waals surface area contributed by atoms with Crippen molar-refractivity contribution in [1.29, 1.82) is 5.26 Å². The predicted molar refractivity (Wildman–Crippen MR) is 121 cm³/mol. The first-order valence-corrected chi connectivity index (χ1v) is 10.6. The molecule has 1 aliphatic carbocycles. The average Bonchev–Trinajstić information content (AvgIpc) is 3.54. The van der Waals surface area contributed by atoms with Crippen molar-refractivity contribution >= 4 is 17.4 Å². The van der Waals surface area contributed by atoms with Crippen LogP contribution in [0.25, 0.3) is 22.9 Å². The number of nitrogens with zero attached hydrogens (tertiary/aromatic N) is 5. The highest BCUT2D eigenvalue weighted by Crippen LogP contribution is 2.34. The van der Waals surface area contributed by atoms with Crippen molar-refractivity contribution in [2.45, 2.75) is 33.1 Å². The maximum absolute atomic E-state index is 12.8. The number of hydrogen-bond acceptors (Lipinski definition) is 7. The lowest BCUT2D eigenvalue weighted by Crippen LogP contribution is -2.04. The van der Waals surface area contributed by atoms with Crippen LogP contribution in [-0.2, 0) is 12.8 Å². The average molecular weight is 436 g/mol. The number of carbonyl (C=O) groups is 1. The van der Waals surface area contributed by atoms with Crippen LogP contribution in [-0.4, -0.2) is 30.9 Å². The Morgan fingerprint density at radius 1 is 1.21 bits per heavy atom. The highest BCUT2D eigenvalue weighted by Gasteiger charge is 2.21. The lowest BCUT2D eigenvalue weighted by atomic mass is 10.0. The molecule has 0 saturated carbocycles. The van der Waals surface area contributed by atoms with E-state index in [0.29, 0.717) is 36.1 Å². The molecule has 1 N–H and O–H groups in total. The molecule has 3 aromatic heterocycles. The molecule has 0 spiro atoms. The Morgan fingerprint density at radius 2 is 2.09 bits per heavy atom. The number of nitrogens with one attached hydrogen (secondary N) is 1. The minimum Gasteiger partial charge on any atom is -0.339 e. The number of nitriles is 1. The van der Waals surface area contributed by atoms with Crippen LogP contribution < -0.4 is 0 Å². The predicted octanol–water partition coefficient (Wildman–Crippen LogP) is 4.26. The van der Waals surface area contributed by atoms with Gasteiger partial charge in [-0.25, -0.2) is 9.97 Å². The highest BCUT2D eigenvalue weighted by molar-refractivity contribution is 5.94. The molecule has 4 aromatic rings. The fourth-order valence-electron chi connectivity index (χ4n) is 3.99. The molecule has 5 rings (SSSR count). The second kappa shape index (κ2) is 8.28. The summed E-state index contributed by atoms with van der Waals surface area (Å²) >= 11 is 0. The van der Waals surface area contributed by atoms with Crippen molar-refractivity contribution in [3.8, 4) is 17.3 Å². The minimum absolute atomic E-state index is 0.0743. The third-order valence-electron chi connectivity index (χ3n) is 5.66. The molecule has 162 valence electrons. The van der Waals surface area contributed by atoms with Gasteiger partial charge in [-0.1, -0.05) is 17.3 Å². The van der Waals surface area contributed by atoms with Crippen molar-refractivity contribution in [2.24, 2.45) is 0 Å². The maximum Gasteiger partial charge on any atom is 0.254 e. The molecule has 1 aliphatic rings. The van der Waals surface area contributed by atoms with Crippen molar-refractivity contribution < 1.29 is 9.32 Å². The van der Waals surface area contributed by atoms with Crippen LogP contribution >= 0.6 is 0 Å². The summed E-state index contributed by atoms with van der Waals surface area (Å²) in [5.41, 5.74) is 7.04. The van der Waals surface area contributed by atoms with Crippen molar-refractivity contribution in [3.63, 3.8) is 0 Å². The third kappa shape index (κ3) is 4.08. The first-order valence-electron chi connectivity index (χ1n) is 10.6. The number of pyridine rings is 1. The number of imidazole rings is 1. The fraction of sp³-hybridized carbons (Fsp3) is 0.200. The van der Waals surface area contributed by atoms with Gasteiger partial charge in [0.1, 0.15) is 11.8 Å². The molecular weight excluding hydrogens is 416 g/mol. The first-order chi connectivity index (χ1) is 16.0. The number of aromatic nitrogens is 5. The van der Waals surface area contributed by atoms with Gasteiger partial charge in [-0.05, 0) is 61.2 Å². The third-order valence-corrected chi connectivity index (χ3v) is 5.66. The molecule has 0 fully saturated rings. The molecule has 0 amide bonds. The number of aromatic amines is 1. The van der Waals surface area contributed by atoms with E-state index in [9.17, 15) is 4.79 Å². The first kappa shape index (κ1) is 20.5. The Kier molecular flexibility index (Phi) is 5.15. The van der Waals surface area contributed by atoms with E-state index >= 15 is 0 Å². The Bertz CT molecular complexity index is 1450. The summed E-state index contributed by atoms with van der Waals surface area (Å²) in [6.45, 7) is 3.71. The maximum atomic E-state index is 12.8. The van der Waals surface area contributed by atoms with Crippen molar-refractivity contribution in [2.75, 3.05) is 0 Å². The second-order valence-electron chi connectivity index (χ2n) is 8.05. The van der Waals surface area contributed by atoms with Gasteiger partial charge in [-0.2, -0.15) is 10.2 Å². The van der Waals surface area contributed by atoms with Gasteiger partial charge in [-0.15, -0.1) is 0 Å². The minimum atomic E-state index is -0.0743. The number of Topliss-reactive ketones (excluding diaryl/α,β-unsaturated/α-hetero) is 1. The van der Waals surface area contributed by atoms with E-state index in [1.54, 1.807) is 19.2 Å². The van der Waals surface area contributed by atoms with Crippen LogP contribution in [0.4, 0.5) is 0 Å². The second-order valence-corrected chi connectivity index (χ2v) is 8.05. The van der Waals surface area contributed by atoms with E-state index in [4.69, 9.17) is 9.78 Å². The summed E-state index contributed by atoms with van der Waals surface area (Å²) in [7, 11) is 0. The number of aryl methyl sites for hydroxylation is 3. The van der Waals surface area contributed by atoms with Crippen LogP contribution in [0.15, 0.2) is 41.1 Å². The van der Waals surface area contributed by atoms with E-state index in [1.165, 1.54) is 5.56 Å². The Balaban J connectivity index is 1.34. The molecule has 0 atom stereocenters. The van der Waals surface area contributed by atoms with Gasteiger partial charge in [0.15, 0.2) is 17.4 Å². The molecule has 0 bridgehead atoms. The summed E-state index contributed by atoms with van der Waals surface area (Å²) in [6.07, 6.45) is 5.20. The van der Waals surface area contributed by atoms with Gasteiger partial charge < -0.3 is 9.51 Å². The normalized spacial score (nSPS) is 12.3. The smallest absolute Gasteiger partial charge is 0.254 e. The van der Waals surface area contributed by atoms with E-state index in [-0.39, 0.29) is 5.78 Å². The van der Waals surface area contributed by atoms with Crippen LogP contribution in [0.3, 0.4) is 0 Å². The largest absolute Gasteiger partial charge is 0.339 e. The quantitative estimate of drug-likeness (QED) is 0.448. The van der Waals surface area contributed by atoms with Crippen molar-refractivity contribution in [3.05, 3.63) is 82.1 Å². The van der Waals surface area contributed by atoms with E-state index in [2.05, 4.69) is 43.3 Å². The Labute approximate surface area is 190 Å². The van der Waals surface area contributed by atoms with Gasteiger partial charge in [0.25, 0.3) is 5.89 Å². The number of rotatable bonds is 6. The van der Waals surface area contributed by atoms with Crippen LogP contribution in [0.5, 0.6) is 0 Å². The number of allylic oxidation sites excluding steroid dienone is 1. The zero-order valence-corrected chi connectivity index (χ0v) is 18.2. The monoisotopic (exact) mass is 436 g/mol. The lowest BCUT2D eigenvalue weighted by Gasteiger charge is -2.03. The number of carbonyl (C=O) groups excluding carboxylic acids is 1. The zero-order chi connectivity index (χ0) is 22.9. The standard InChI is InChI=1S/C25H20N6O2/c1-14-23(30-24(28-14)22(32)6-3-16-7-8-27-21(9-16)13-26)18-5-4-17-10-20(12-19(17)11-18)25-29-15(2)31-33-25/h4-5,7-9,11-12H,3,6,10H2,1-2H3,(H,28,30). The van der Waals surface area contributed by atoms with E-state index in [0.717, 1.165) is 40.1 Å².